The summed E-state index contributed by atoms with van der Waals surface area (Å²) in [6, 6.07) is 4.19. The van der Waals surface area contributed by atoms with Gasteiger partial charge in [-0.2, -0.15) is 0 Å². The number of H-pyrrole nitrogens is 1. The number of aromatic amines is 1. The highest BCUT2D eigenvalue weighted by atomic mass is 19.1. The van der Waals surface area contributed by atoms with E-state index in [0.29, 0.717) is 23.0 Å². The van der Waals surface area contributed by atoms with Gasteiger partial charge < -0.3 is 15.0 Å². The molecule has 0 radical (unpaired) electrons. The van der Waals surface area contributed by atoms with Crippen molar-refractivity contribution < 1.29 is 18.3 Å². The van der Waals surface area contributed by atoms with Crippen LogP contribution in [0, 0.1) is 25.5 Å². The maximum Gasteiger partial charge on any atom is 0.265 e. The summed E-state index contributed by atoms with van der Waals surface area (Å²) in [5, 5.41) is 2.63. The van der Waals surface area contributed by atoms with E-state index in [1.165, 1.54) is 13.0 Å². The first-order valence-corrected chi connectivity index (χ1v) is 6.91. The number of aromatic nitrogens is 1. The third-order valence-electron chi connectivity index (χ3n) is 3.24. The van der Waals surface area contributed by atoms with E-state index in [0.717, 1.165) is 12.1 Å². The van der Waals surface area contributed by atoms with E-state index in [1.807, 2.05) is 0 Å². The molecular weight excluding hydrogens is 306 g/mol. The number of aryl methyl sites for hydroxylation is 2. The van der Waals surface area contributed by atoms with E-state index < -0.39 is 23.6 Å². The van der Waals surface area contributed by atoms with Crippen molar-refractivity contribution in [2.24, 2.45) is 0 Å². The van der Waals surface area contributed by atoms with Gasteiger partial charge in [0.25, 0.3) is 5.91 Å². The minimum absolute atomic E-state index is 0.219. The highest BCUT2D eigenvalue weighted by molar-refractivity contribution is 5.95. The number of ether oxygens (including phenoxy) is 1. The molecule has 1 unspecified atom stereocenters. The molecule has 2 N–H and O–H groups in total. The van der Waals surface area contributed by atoms with Crippen molar-refractivity contribution in [1.82, 2.24) is 4.98 Å². The molecule has 0 saturated heterocycles. The summed E-state index contributed by atoms with van der Waals surface area (Å²) in [6.45, 7) is 4.77. The fourth-order valence-corrected chi connectivity index (χ4v) is 2.08. The molecule has 0 bridgehead atoms. The van der Waals surface area contributed by atoms with E-state index in [2.05, 4.69) is 10.3 Å². The topological polar surface area (TPSA) is 71.2 Å². The van der Waals surface area contributed by atoms with Gasteiger partial charge in [-0.25, -0.2) is 8.78 Å². The van der Waals surface area contributed by atoms with Gasteiger partial charge in [0, 0.05) is 17.8 Å². The summed E-state index contributed by atoms with van der Waals surface area (Å²) in [5.41, 5.74) is 1.29. The van der Waals surface area contributed by atoms with Gasteiger partial charge >= 0.3 is 0 Å². The Hall–Kier alpha value is -2.70. The number of pyridine rings is 1. The number of benzene rings is 1. The lowest BCUT2D eigenvalue weighted by atomic mass is 10.2. The lowest BCUT2D eigenvalue weighted by Gasteiger charge is -2.17. The minimum Gasteiger partial charge on any atom is -0.478 e. The van der Waals surface area contributed by atoms with Gasteiger partial charge in [0.05, 0.1) is 5.69 Å². The first-order valence-electron chi connectivity index (χ1n) is 6.91. The lowest BCUT2D eigenvalue weighted by Crippen LogP contribution is -2.31. The van der Waals surface area contributed by atoms with E-state index in [4.69, 9.17) is 4.74 Å². The van der Waals surface area contributed by atoms with E-state index in [9.17, 15) is 18.4 Å². The van der Waals surface area contributed by atoms with Crippen LogP contribution >= 0.6 is 0 Å². The zero-order chi connectivity index (χ0) is 17.1. The first-order chi connectivity index (χ1) is 10.8. The molecule has 5 nitrogen and oxygen atoms in total. The van der Waals surface area contributed by atoms with Crippen LogP contribution in [0.1, 0.15) is 18.2 Å². The maximum atomic E-state index is 13.5. The Morgan fingerprint density at radius 3 is 2.57 bits per heavy atom. The average Bonchev–Trinajstić information content (AvgIpc) is 2.45. The van der Waals surface area contributed by atoms with Gasteiger partial charge in [-0.3, -0.25) is 9.59 Å². The van der Waals surface area contributed by atoms with Crippen molar-refractivity contribution in [3.8, 4) is 5.75 Å². The molecule has 1 aromatic heterocycles. The third kappa shape index (κ3) is 3.94. The molecule has 0 spiro atoms. The maximum absolute atomic E-state index is 13.5. The molecule has 0 aliphatic carbocycles. The molecule has 0 fully saturated rings. The molecule has 2 rings (SSSR count). The molecule has 1 atom stereocenters. The van der Waals surface area contributed by atoms with Crippen LogP contribution in [0.5, 0.6) is 5.75 Å². The molecule has 1 aromatic carbocycles. The third-order valence-corrected chi connectivity index (χ3v) is 3.24. The van der Waals surface area contributed by atoms with Crippen LogP contribution in [-0.2, 0) is 4.79 Å². The molecule has 1 heterocycles. The van der Waals surface area contributed by atoms with Gasteiger partial charge in [0.1, 0.15) is 5.82 Å². The molecule has 1 amide bonds. The summed E-state index contributed by atoms with van der Waals surface area (Å²) in [4.78, 5) is 26.1. The molecule has 23 heavy (non-hydrogen) atoms. The van der Waals surface area contributed by atoms with Crippen molar-refractivity contribution in [2.75, 3.05) is 5.32 Å². The van der Waals surface area contributed by atoms with Crippen molar-refractivity contribution >= 4 is 11.6 Å². The molecular formula is C16H16F2N2O3. The van der Waals surface area contributed by atoms with Crippen molar-refractivity contribution in [1.29, 1.82) is 0 Å². The fourth-order valence-electron chi connectivity index (χ4n) is 2.08. The number of carbonyl (C=O) groups is 1. The summed E-state index contributed by atoms with van der Waals surface area (Å²) >= 11 is 0. The highest BCUT2D eigenvalue weighted by Gasteiger charge is 2.19. The monoisotopic (exact) mass is 322 g/mol. The van der Waals surface area contributed by atoms with Gasteiger partial charge in [0.15, 0.2) is 17.7 Å². The number of rotatable bonds is 4. The minimum atomic E-state index is -1.01. The quantitative estimate of drug-likeness (QED) is 0.909. The summed E-state index contributed by atoms with van der Waals surface area (Å²) in [7, 11) is 0. The second kappa shape index (κ2) is 6.60. The Morgan fingerprint density at radius 2 is 1.96 bits per heavy atom. The smallest absolute Gasteiger partial charge is 0.265 e. The average molecular weight is 322 g/mol. The number of halogens is 2. The number of amides is 1. The van der Waals surface area contributed by atoms with Crippen molar-refractivity contribution in [3.05, 3.63) is 57.5 Å². The molecule has 2 aromatic rings. The van der Waals surface area contributed by atoms with Crippen molar-refractivity contribution in [3.63, 3.8) is 0 Å². The van der Waals surface area contributed by atoms with E-state index in [1.54, 1.807) is 13.8 Å². The molecule has 122 valence electrons. The largest absolute Gasteiger partial charge is 0.478 e. The zero-order valence-electron chi connectivity index (χ0n) is 12.9. The van der Waals surface area contributed by atoms with Crippen LogP contribution in [0.15, 0.2) is 29.1 Å². The first kappa shape index (κ1) is 16.7. The zero-order valence-corrected chi connectivity index (χ0v) is 12.9. The fraction of sp³-hybridized carbons (Fsp3) is 0.250. The molecule has 0 saturated carbocycles. The number of hydrogen-bond donors (Lipinski definition) is 2. The van der Waals surface area contributed by atoms with Crippen LogP contribution in [0.25, 0.3) is 0 Å². The number of hydrogen-bond acceptors (Lipinski definition) is 3. The van der Waals surface area contributed by atoms with Crippen LogP contribution in [0.4, 0.5) is 14.5 Å². The molecule has 7 heteroatoms. The standard InChI is InChI=1S/C16H16F2N2O3/c1-8-6-14(21)19-9(2)15(8)20-16(22)10(3)23-13-5-4-11(17)7-12(13)18/h4-7,10H,1-3H3,(H,19,21)(H,20,22). The van der Waals surface area contributed by atoms with E-state index >= 15 is 0 Å². The van der Waals surface area contributed by atoms with Gasteiger partial charge in [0.2, 0.25) is 5.56 Å². The van der Waals surface area contributed by atoms with Crippen LogP contribution in [0.2, 0.25) is 0 Å². The van der Waals surface area contributed by atoms with Gasteiger partial charge in [-0.15, -0.1) is 0 Å². The van der Waals surface area contributed by atoms with Crippen LogP contribution in [0.3, 0.4) is 0 Å². The number of carbonyl (C=O) groups excluding carboxylic acids is 1. The predicted molar refractivity (Wildman–Crippen MR) is 81.6 cm³/mol. The second-order valence-corrected chi connectivity index (χ2v) is 5.14. The van der Waals surface area contributed by atoms with Crippen molar-refractivity contribution in [2.45, 2.75) is 26.9 Å². The Kier molecular flexibility index (Phi) is 4.78. The Bertz CT molecular complexity index is 776. The Labute approximate surface area is 131 Å². The summed E-state index contributed by atoms with van der Waals surface area (Å²) < 4.78 is 31.6. The Morgan fingerprint density at radius 1 is 1.26 bits per heavy atom. The molecule has 0 aliphatic heterocycles. The molecule has 0 aliphatic rings. The Balaban J connectivity index is 2.13. The van der Waals surface area contributed by atoms with Gasteiger partial charge in [-0.1, -0.05) is 0 Å². The number of anilines is 1. The van der Waals surface area contributed by atoms with Crippen LogP contribution < -0.4 is 15.6 Å². The summed E-state index contributed by atoms with van der Waals surface area (Å²) in [5.74, 6) is -2.36. The lowest BCUT2D eigenvalue weighted by molar-refractivity contribution is -0.122. The summed E-state index contributed by atoms with van der Waals surface area (Å²) in [6.07, 6.45) is -1.01. The SMILES string of the molecule is Cc1cc(=O)[nH]c(C)c1NC(=O)C(C)Oc1ccc(F)cc1F. The second-order valence-electron chi connectivity index (χ2n) is 5.14. The van der Waals surface area contributed by atoms with Crippen LogP contribution in [-0.4, -0.2) is 17.0 Å². The number of nitrogens with one attached hydrogen (secondary N) is 2. The predicted octanol–water partition coefficient (Wildman–Crippen LogP) is 2.68. The normalized spacial score (nSPS) is 11.9. The van der Waals surface area contributed by atoms with E-state index in [-0.39, 0.29) is 11.3 Å². The van der Waals surface area contributed by atoms with Gasteiger partial charge in [-0.05, 0) is 38.5 Å². The highest BCUT2D eigenvalue weighted by Crippen LogP contribution is 2.20.